The van der Waals surface area contributed by atoms with E-state index in [1.165, 1.54) is 11.1 Å². The summed E-state index contributed by atoms with van der Waals surface area (Å²) >= 11 is 0. The van der Waals surface area contributed by atoms with E-state index in [1.807, 2.05) is 6.07 Å². The van der Waals surface area contributed by atoms with E-state index in [9.17, 15) is 5.26 Å². The first kappa shape index (κ1) is 12.9. The quantitative estimate of drug-likeness (QED) is 0.792. The third kappa shape index (κ3) is 2.02. The van der Waals surface area contributed by atoms with E-state index in [1.54, 1.807) is 0 Å². The van der Waals surface area contributed by atoms with Crippen molar-refractivity contribution in [1.29, 1.82) is 5.26 Å². The maximum absolute atomic E-state index is 9.22. The summed E-state index contributed by atoms with van der Waals surface area (Å²) in [7, 11) is 0. The van der Waals surface area contributed by atoms with Crippen LogP contribution in [0.25, 0.3) is 0 Å². The molecule has 0 unspecified atom stereocenters. The van der Waals surface area contributed by atoms with Crippen molar-refractivity contribution >= 4 is 0 Å². The van der Waals surface area contributed by atoms with Crippen LogP contribution in [0.1, 0.15) is 37.3 Å². The van der Waals surface area contributed by atoms with Crippen LogP contribution in [0.5, 0.6) is 0 Å². The SMILES string of the molecule is CC1(c2ccccc2)CC(CC#N)(c2ccccc2)C1. The van der Waals surface area contributed by atoms with Crippen molar-refractivity contribution in [3.05, 3.63) is 71.8 Å². The van der Waals surface area contributed by atoms with Crippen molar-refractivity contribution in [3.8, 4) is 6.07 Å². The van der Waals surface area contributed by atoms with Gasteiger partial charge < -0.3 is 0 Å². The van der Waals surface area contributed by atoms with Gasteiger partial charge in [-0.1, -0.05) is 67.6 Å². The first-order valence-corrected chi connectivity index (χ1v) is 7.17. The van der Waals surface area contributed by atoms with E-state index in [0.717, 1.165) is 12.8 Å². The fraction of sp³-hybridized carbons (Fsp3) is 0.316. The van der Waals surface area contributed by atoms with Gasteiger partial charge in [0.1, 0.15) is 0 Å². The lowest BCUT2D eigenvalue weighted by molar-refractivity contribution is 0.117. The second-order valence-electron chi connectivity index (χ2n) is 6.26. The van der Waals surface area contributed by atoms with Gasteiger partial charge in [-0.25, -0.2) is 0 Å². The number of hydrogen-bond acceptors (Lipinski definition) is 1. The molecular formula is C19H19N. The molecule has 1 aliphatic rings. The molecule has 0 aliphatic heterocycles. The largest absolute Gasteiger partial charge is 0.198 e. The minimum Gasteiger partial charge on any atom is -0.198 e. The van der Waals surface area contributed by atoms with Gasteiger partial charge in [-0.15, -0.1) is 0 Å². The zero-order chi connectivity index (χ0) is 14.1. The number of benzene rings is 2. The molecule has 0 atom stereocenters. The molecule has 100 valence electrons. The molecular weight excluding hydrogens is 242 g/mol. The van der Waals surface area contributed by atoms with Crippen molar-refractivity contribution in [1.82, 2.24) is 0 Å². The van der Waals surface area contributed by atoms with E-state index >= 15 is 0 Å². The van der Waals surface area contributed by atoms with Crippen LogP contribution >= 0.6 is 0 Å². The van der Waals surface area contributed by atoms with Gasteiger partial charge in [-0.2, -0.15) is 5.26 Å². The molecule has 20 heavy (non-hydrogen) atoms. The third-order valence-electron chi connectivity index (χ3n) is 4.73. The molecule has 0 N–H and O–H groups in total. The van der Waals surface area contributed by atoms with Gasteiger partial charge in [0.05, 0.1) is 6.07 Å². The Morgan fingerprint density at radius 3 is 1.90 bits per heavy atom. The fourth-order valence-electron chi connectivity index (χ4n) is 3.86. The average Bonchev–Trinajstić information content (AvgIpc) is 2.47. The molecule has 0 aromatic heterocycles. The summed E-state index contributed by atoms with van der Waals surface area (Å²) in [6.07, 6.45) is 2.72. The first-order valence-electron chi connectivity index (χ1n) is 7.17. The number of rotatable bonds is 3. The van der Waals surface area contributed by atoms with Gasteiger partial charge in [0.2, 0.25) is 0 Å². The van der Waals surface area contributed by atoms with Gasteiger partial charge in [0.25, 0.3) is 0 Å². The van der Waals surface area contributed by atoms with Gasteiger partial charge in [0, 0.05) is 11.8 Å². The molecule has 0 amide bonds. The highest BCUT2D eigenvalue weighted by Crippen LogP contribution is 2.58. The monoisotopic (exact) mass is 261 g/mol. The van der Waals surface area contributed by atoms with Crippen LogP contribution in [0.15, 0.2) is 60.7 Å². The number of hydrogen-bond donors (Lipinski definition) is 0. The summed E-state index contributed by atoms with van der Waals surface area (Å²) < 4.78 is 0. The maximum atomic E-state index is 9.22. The van der Waals surface area contributed by atoms with Gasteiger partial charge in [-0.05, 0) is 29.4 Å². The van der Waals surface area contributed by atoms with E-state index in [0.29, 0.717) is 6.42 Å². The Hall–Kier alpha value is -2.07. The van der Waals surface area contributed by atoms with Crippen LogP contribution in [-0.2, 0) is 10.8 Å². The molecule has 1 aliphatic carbocycles. The molecule has 1 nitrogen and oxygen atoms in total. The van der Waals surface area contributed by atoms with E-state index in [-0.39, 0.29) is 10.8 Å². The third-order valence-corrected chi connectivity index (χ3v) is 4.73. The summed E-state index contributed by atoms with van der Waals surface area (Å²) in [6, 6.07) is 23.6. The zero-order valence-corrected chi connectivity index (χ0v) is 11.8. The normalized spacial score (nSPS) is 28.4. The van der Waals surface area contributed by atoms with E-state index < -0.39 is 0 Å². The summed E-state index contributed by atoms with van der Waals surface area (Å²) in [5, 5.41) is 9.22. The summed E-state index contributed by atoms with van der Waals surface area (Å²) in [5.41, 5.74) is 2.95. The average molecular weight is 261 g/mol. The van der Waals surface area contributed by atoms with E-state index in [2.05, 4.69) is 67.6 Å². The lowest BCUT2D eigenvalue weighted by atomic mass is 9.48. The van der Waals surface area contributed by atoms with Crippen molar-refractivity contribution in [2.24, 2.45) is 0 Å². The van der Waals surface area contributed by atoms with Crippen LogP contribution in [0.3, 0.4) is 0 Å². The molecule has 1 heteroatoms. The minimum absolute atomic E-state index is 0.0423. The number of nitriles is 1. The summed E-state index contributed by atoms with van der Waals surface area (Å²) in [4.78, 5) is 0. The van der Waals surface area contributed by atoms with Crippen LogP contribution in [0.4, 0.5) is 0 Å². The zero-order valence-electron chi connectivity index (χ0n) is 11.8. The molecule has 0 heterocycles. The predicted octanol–water partition coefficient (Wildman–Crippen LogP) is 4.59. The Balaban J connectivity index is 1.90. The highest BCUT2D eigenvalue weighted by Gasteiger charge is 2.53. The Morgan fingerprint density at radius 1 is 0.900 bits per heavy atom. The molecule has 1 fully saturated rings. The second-order valence-corrected chi connectivity index (χ2v) is 6.26. The summed E-state index contributed by atoms with van der Waals surface area (Å²) in [6.45, 7) is 2.32. The fourth-order valence-corrected chi connectivity index (χ4v) is 3.86. The Labute approximate surface area is 120 Å². The lowest BCUT2D eigenvalue weighted by Crippen LogP contribution is -2.50. The van der Waals surface area contributed by atoms with Crippen molar-refractivity contribution < 1.29 is 0 Å². The van der Waals surface area contributed by atoms with Crippen molar-refractivity contribution in [2.75, 3.05) is 0 Å². The minimum atomic E-state index is 0.0423. The smallest absolute Gasteiger partial charge is 0.0631 e. The molecule has 0 saturated heterocycles. The van der Waals surface area contributed by atoms with Crippen LogP contribution in [0, 0.1) is 11.3 Å². The maximum Gasteiger partial charge on any atom is 0.0631 e. The predicted molar refractivity (Wildman–Crippen MR) is 81.4 cm³/mol. The van der Waals surface area contributed by atoms with Gasteiger partial charge in [0.15, 0.2) is 0 Å². The highest BCUT2D eigenvalue weighted by molar-refractivity contribution is 5.39. The topological polar surface area (TPSA) is 23.8 Å². The Kier molecular flexibility index (Phi) is 3.10. The lowest BCUT2D eigenvalue weighted by Gasteiger charge is -2.55. The molecule has 0 bridgehead atoms. The van der Waals surface area contributed by atoms with Crippen LogP contribution in [0.2, 0.25) is 0 Å². The van der Waals surface area contributed by atoms with Gasteiger partial charge >= 0.3 is 0 Å². The molecule has 2 aromatic rings. The van der Waals surface area contributed by atoms with Crippen LogP contribution < -0.4 is 0 Å². The molecule has 1 saturated carbocycles. The summed E-state index contributed by atoms with van der Waals surface area (Å²) in [5.74, 6) is 0. The number of nitrogens with zero attached hydrogens (tertiary/aromatic N) is 1. The van der Waals surface area contributed by atoms with Crippen molar-refractivity contribution in [3.63, 3.8) is 0 Å². The Bertz CT molecular complexity index is 616. The second kappa shape index (κ2) is 4.80. The molecule has 3 rings (SSSR count). The van der Waals surface area contributed by atoms with Crippen LogP contribution in [-0.4, -0.2) is 0 Å². The molecule has 2 aromatic carbocycles. The molecule has 0 spiro atoms. The van der Waals surface area contributed by atoms with E-state index in [4.69, 9.17) is 0 Å². The van der Waals surface area contributed by atoms with Crippen molar-refractivity contribution in [2.45, 2.75) is 37.0 Å². The van der Waals surface area contributed by atoms with Gasteiger partial charge in [-0.3, -0.25) is 0 Å². The molecule has 0 radical (unpaired) electrons. The Morgan fingerprint density at radius 2 is 1.40 bits per heavy atom. The first-order chi connectivity index (χ1) is 9.69. The standard InChI is InChI=1S/C19H19N/c1-18(16-8-4-2-5-9-16)14-19(15-18,12-13-20)17-10-6-3-7-11-17/h2-11H,12,14-15H2,1H3. The highest BCUT2D eigenvalue weighted by atomic mass is 14.6.